The summed E-state index contributed by atoms with van der Waals surface area (Å²) >= 11 is 0. The van der Waals surface area contributed by atoms with E-state index in [-0.39, 0.29) is 0 Å². The molecule has 0 spiro atoms. The van der Waals surface area contributed by atoms with Crippen molar-refractivity contribution in [3.05, 3.63) is 114 Å². The number of rotatable bonds is 6. The molecule has 0 aliphatic rings. The largest absolute Gasteiger partial charge is 0.311 e. The summed E-state index contributed by atoms with van der Waals surface area (Å²) in [6, 6.07) is 28.2. The number of pyridine rings is 2. The monoisotopic (exact) mass is 486 g/mol. The maximum absolute atomic E-state index is 4.60. The molecular weight excluding hydrogens is 450 g/mol. The third kappa shape index (κ3) is 4.74. The molecule has 5 rings (SSSR count). The van der Waals surface area contributed by atoms with E-state index in [4.69, 9.17) is 0 Å². The lowest BCUT2D eigenvalue weighted by Gasteiger charge is -2.24. The third-order valence-electron chi connectivity index (χ3n) is 7.20. The lowest BCUT2D eigenvalue weighted by Crippen LogP contribution is -2.31. The number of nitrogens with zero attached hydrogens (tertiary/aromatic N) is 3. The Bertz CT molecular complexity index is 1500. The van der Waals surface area contributed by atoms with Crippen LogP contribution in [-0.4, -0.2) is 9.55 Å². The van der Waals surface area contributed by atoms with Crippen molar-refractivity contribution in [3.63, 3.8) is 0 Å². The quantitative estimate of drug-likeness (QED) is 0.221. The fourth-order valence-corrected chi connectivity index (χ4v) is 5.18. The van der Waals surface area contributed by atoms with Crippen LogP contribution in [0.1, 0.15) is 56.2 Å². The first kappa shape index (κ1) is 24.7. The highest BCUT2D eigenvalue weighted by atomic mass is 15.0. The second-order valence-electron chi connectivity index (χ2n) is 10.5. The van der Waals surface area contributed by atoms with Gasteiger partial charge in [-0.1, -0.05) is 64.1 Å². The molecule has 0 aliphatic carbocycles. The summed E-state index contributed by atoms with van der Waals surface area (Å²) in [5.74, 6) is 0.751. The Morgan fingerprint density at radius 3 is 2.03 bits per heavy atom. The zero-order chi connectivity index (χ0) is 26.1. The summed E-state index contributed by atoms with van der Waals surface area (Å²) in [4.78, 5) is 4.60. The SMILES string of the molecule is Cc1ccn(-c2c(C(C)C)cc(-c3ccccc3)cc2C(C)C)c1-c1cc(-c2ccccn2)cc[n+]1C. The highest BCUT2D eigenvalue weighted by Gasteiger charge is 2.25. The van der Waals surface area contributed by atoms with Gasteiger partial charge in [-0.3, -0.25) is 4.98 Å². The van der Waals surface area contributed by atoms with Crippen LogP contribution in [0, 0.1) is 6.92 Å². The number of aromatic nitrogens is 3. The normalized spacial score (nSPS) is 11.5. The third-order valence-corrected chi connectivity index (χ3v) is 7.20. The molecule has 3 heterocycles. The van der Waals surface area contributed by atoms with Crippen LogP contribution in [0.3, 0.4) is 0 Å². The number of hydrogen-bond acceptors (Lipinski definition) is 1. The Morgan fingerprint density at radius 1 is 0.730 bits per heavy atom. The molecule has 0 amide bonds. The second kappa shape index (κ2) is 10.2. The first-order valence-corrected chi connectivity index (χ1v) is 13.2. The minimum absolute atomic E-state index is 0.375. The zero-order valence-corrected chi connectivity index (χ0v) is 22.7. The van der Waals surface area contributed by atoms with Gasteiger partial charge in [0, 0.05) is 30.1 Å². The molecule has 0 fully saturated rings. The van der Waals surface area contributed by atoms with Crippen molar-refractivity contribution < 1.29 is 4.57 Å². The Labute approximate surface area is 221 Å². The second-order valence-corrected chi connectivity index (χ2v) is 10.5. The average Bonchev–Trinajstić information content (AvgIpc) is 3.29. The van der Waals surface area contributed by atoms with E-state index in [9.17, 15) is 0 Å². The summed E-state index contributed by atoms with van der Waals surface area (Å²) in [5.41, 5.74) is 12.3. The standard InChI is InChI=1S/C34H36N3/c1-23(2)29-20-28(26-12-8-7-9-13-26)21-30(24(3)4)34(29)37-19-15-25(5)33(37)32-22-27(16-18-36(32)6)31-14-10-11-17-35-31/h7-24H,1-6H3/q+1. The van der Waals surface area contributed by atoms with Crippen LogP contribution in [0.2, 0.25) is 0 Å². The summed E-state index contributed by atoms with van der Waals surface area (Å²) in [6.07, 6.45) is 6.24. The van der Waals surface area contributed by atoms with Crippen LogP contribution in [0.4, 0.5) is 0 Å². The molecule has 3 heteroatoms. The molecule has 5 aromatic rings. The highest BCUT2D eigenvalue weighted by Crippen LogP contribution is 2.39. The van der Waals surface area contributed by atoms with Crippen molar-refractivity contribution in [1.82, 2.24) is 9.55 Å². The lowest BCUT2D eigenvalue weighted by molar-refractivity contribution is -0.660. The molecule has 37 heavy (non-hydrogen) atoms. The first-order valence-electron chi connectivity index (χ1n) is 13.2. The number of aryl methyl sites for hydroxylation is 2. The van der Waals surface area contributed by atoms with E-state index in [0.717, 1.165) is 11.3 Å². The molecule has 0 aliphatic heterocycles. The van der Waals surface area contributed by atoms with Crippen LogP contribution in [0.5, 0.6) is 0 Å². The van der Waals surface area contributed by atoms with Gasteiger partial charge in [0.2, 0.25) is 5.69 Å². The average molecular weight is 487 g/mol. The van der Waals surface area contributed by atoms with Gasteiger partial charge in [0.1, 0.15) is 12.7 Å². The molecule has 0 atom stereocenters. The Balaban J connectivity index is 1.76. The van der Waals surface area contributed by atoms with E-state index >= 15 is 0 Å². The maximum Gasteiger partial charge on any atom is 0.230 e. The van der Waals surface area contributed by atoms with E-state index in [1.165, 1.54) is 44.9 Å². The van der Waals surface area contributed by atoms with Gasteiger partial charge in [-0.2, -0.15) is 4.57 Å². The van der Waals surface area contributed by atoms with E-state index < -0.39 is 0 Å². The van der Waals surface area contributed by atoms with Crippen LogP contribution in [0.15, 0.2) is 97.5 Å². The fraction of sp³-hybridized carbons (Fsp3) is 0.235. The first-order chi connectivity index (χ1) is 17.8. The molecule has 0 unspecified atom stereocenters. The van der Waals surface area contributed by atoms with Crippen molar-refractivity contribution in [2.45, 2.75) is 46.5 Å². The smallest absolute Gasteiger partial charge is 0.230 e. The molecule has 0 radical (unpaired) electrons. The lowest BCUT2D eigenvalue weighted by atomic mass is 9.88. The van der Waals surface area contributed by atoms with Gasteiger partial charge in [-0.05, 0) is 76.9 Å². The summed E-state index contributed by atoms with van der Waals surface area (Å²) in [6.45, 7) is 11.4. The van der Waals surface area contributed by atoms with Crippen LogP contribution in [0.25, 0.3) is 39.5 Å². The van der Waals surface area contributed by atoms with Crippen LogP contribution in [-0.2, 0) is 7.05 Å². The van der Waals surface area contributed by atoms with E-state index in [1.54, 1.807) is 0 Å². The Morgan fingerprint density at radius 2 is 1.41 bits per heavy atom. The minimum Gasteiger partial charge on any atom is -0.311 e. The van der Waals surface area contributed by atoms with Gasteiger partial charge >= 0.3 is 0 Å². The predicted octanol–water partition coefficient (Wildman–Crippen LogP) is 8.25. The van der Waals surface area contributed by atoms with Gasteiger partial charge in [0.25, 0.3) is 0 Å². The predicted molar refractivity (Wildman–Crippen MR) is 154 cm³/mol. The van der Waals surface area contributed by atoms with E-state index in [2.05, 4.69) is 135 Å². The van der Waals surface area contributed by atoms with Gasteiger partial charge < -0.3 is 4.57 Å². The molecule has 0 saturated carbocycles. The van der Waals surface area contributed by atoms with E-state index in [0.29, 0.717) is 11.8 Å². The summed E-state index contributed by atoms with van der Waals surface area (Å²) in [5, 5.41) is 0. The molecule has 0 N–H and O–H groups in total. The fourth-order valence-electron chi connectivity index (χ4n) is 5.18. The number of hydrogen-bond donors (Lipinski definition) is 0. The molecular formula is C34H36N3+. The van der Waals surface area contributed by atoms with Crippen molar-refractivity contribution in [2.24, 2.45) is 7.05 Å². The molecule has 0 bridgehead atoms. The van der Waals surface area contributed by atoms with Crippen LogP contribution < -0.4 is 4.57 Å². The van der Waals surface area contributed by atoms with Gasteiger partial charge in [0.05, 0.1) is 11.4 Å². The minimum atomic E-state index is 0.375. The molecule has 0 saturated heterocycles. The topological polar surface area (TPSA) is 21.7 Å². The molecule has 2 aromatic carbocycles. The van der Waals surface area contributed by atoms with Crippen molar-refractivity contribution in [3.8, 4) is 39.5 Å². The summed E-state index contributed by atoms with van der Waals surface area (Å²) in [7, 11) is 2.12. The van der Waals surface area contributed by atoms with Gasteiger partial charge in [-0.25, -0.2) is 0 Å². The van der Waals surface area contributed by atoms with Crippen molar-refractivity contribution in [2.75, 3.05) is 0 Å². The van der Waals surface area contributed by atoms with Gasteiger partial charge in [-0.15, -0.1) is 0 Å². The Kier molecular flexibility index (Phi) is 6.80. The van der Waals surface area contributed by atoms with Crippen molar-refractivity contribution >= 4 is 0 Å². The molecule has 186 valence electrons. The summed E-state index contributed by atoms with van der Waals surface area (Å²) < 4.78 is 4.64. The van der Waals surface area contributed by atoms with Crippen molar-refractivity contribution in [1.29, 1.82) is 0 Å². The van der Waals surface area contributed by atoms with E-state index in [1.807, 2.05) is 18.3 Å². The van der Waals surface area contributed by atoms with Gasteiger partial charge in [0.15, 0.2) is 6.20 Å². The molecule has 3 aromatic heterocycles. The zero-order valence-electron chi connectivity index (χ0n) is 22.7. The maximum atomic E-state index is 4.60. The number of benzene rings is 2. The highest BCUT2D eigenvalue weighted by molar-refractivity contribution is 5.73. The molecule has 3 nitrogen and oxygen atoms in total. The Hall–Kier alpha value is -3.98. The van der Waals surface area contributed by atoms with Crippen LogP contribution >= 0.6 is 0 Å².